The molecular weight excluding hydrogens is 168 g/mol. The fraction of sp³-hybridized carbons (Fsp3) is 1.00. The molecule has 0 aliphatic heterocycles. The molecule has 1 fully saturated rings. The molecule has 0 amide bonds. The van der Waals surface area contributed by atoms with E-state index in [0.29, 0.717) is 0 Å². The van der Waals surface area contributed by atoms with Gasteiger partial charge in [0, 0.05) is 13.2 Å². The first-order chi connectivity index (χ1) is 6.05. The van der Waals surface area contributed by atoms with Crippen molar-refractivity contribution in [3.05, 3.63) is 0 Å². The van der Waals surface area contributed by atoms with Crippen LogP contribution >= 0.6 is 0 Å². The third-order valence-electron chi connectivity index (χ3n) is 3.71. The molecule has 0 aromatic rings. The minimum absolute atomic E-state index is 0.0150. The maximum Gasteiger partial charge on any atom is 0.0569 e. The molecule has 1 aliphatic rings. The SMILES string of the molecule is CC1C(O)CCC(C)(CO)C1CO. The highest BCUT2D eigenvalue weighted by Gasteiger charge is 2.43. The Morgan fingerprint density at radius 1 is 1.38 bits per heavy atom. The first-order valence-electron chi connectivity index (χ1n) is 4.95. The molecule has 1 aliphatic carbocycles. The molecule has 4 unspecified atom stereocenters. The van der Waals surface area contributed by atoms with E-state index in [1.807, 2.05) is 13.8 Å². The normalized spacial score (nSPS) is 46.4. The van der Waals surface area contributed by atoms with Crippen molar-refractivity contribution in [3.8, 4) is 0 Å². The van der Waals surface area contributed by atoms with Crippen LogP contribution in [0.3, 0.4) is 0 Å². The molecule has 4 atom stereocenters. The van der Waals surface area contributed by atoms with Crippen LogP contribution in [0, 0.1) is 17.3 Å². The van der Waals surface area contributed by atoms with Gasteiger partial charge in [0.2, 0.25) is 0 Å². The van der Waals surface area contributed by atoms with E-state index in [9.17, 15) is 15.3 Å². The van der Waals surface area contributed by atoms with Gasteiger partial charge in [0.25, 0.3) is 0 Å². The second-order valence-corrected chi connectivity index (χ2v) is 4.57. The maximum absolute atomic E-state index is 9.61. The highest BCUT2D eigenvalue weighted by atomic mass is 16.3. The molecule has 1 saturated carbocycles. The van der Waals surface area contributed by atoms with Gasteiger partial charge in [-0.15, -0.1) is 0 Å². The first kappa shape index (κ1) is 11.0. The average molecular weight is 188 g/mol. The molecule has 0 radical (unpaired) electrons. The van der Waals surface area contributed by atoms with E-state index in [0.717, 1.165) is 12.8 Å². The summed E-state index contributed by atoms with van der Waals surface area (Å²) in [4.78, 5) is 0. The van der Waals surface area contributed by atoms with Crippen molar-refractivity contribution in [1.29, 1.82) is 0 Å². The average Bonchev–Trinajstić information content (AvgIpc) is 2.13. The van der Waals surface area contributed by atoms with Gasteiger partial charge in [-0.3, -0.25) is 0 Å². The van der Waals surface area contributed by atoms with Crippen molar-refractivity contribution in [2.45, 2.75) is 32.8 Å². The Labute approximate surface area is 79.4 Å². The molecule has 3 nitrogen and oxygen atoms in total. The number of aliphatic hydroxyl groups is 3. The molecule has 13 heavy (non-hydrogen) atoms. The van der Waals surface area contributed by atoms with Gasteiger partial charge in [-0.1, -0.05) is 13.8 Å². The van der Waals surface area contributed by atoms with Crippen LogP contribution in [0.25, 0.3) is 0 Å². The second kappa shape index (κ2) is 3.95. The van der Waals surface area contributed by atoms with Crippen molar-refractivity contribution < 1.29 is 15.3 Å². The van der Waals surface area contributed by atoms with Crippen molar-refractivity contribution in [3.63, 3.8) is 0 Å². The smallest absolute Gasteiger partial charge is 0.0569 e. The molecule has 0 bridgehead atoms. The summed E-state index contributed by atoms with van der Waals surface area (Å²) in [6.07, 6.45) is 1.20. The zero-order valence-corrected chi connectivity index (χ0v) is 8.40. The van der Waals surface area contributed by atoms with E-state index in [1.165, 1.54) is 0 Å². The molecule has 78 valence electrons. The molecule has 0 spiro atoms. The van der Waals surface area contributed by atoms with Crippen LogP contribution < -0.4 is 0 Å². The van der Waals surface area contributed by atoms with Gasteiger partial charge in [0.05, 0.1) is 6.10 Å². The lowest BCUT2D eigenvalue weighted by Crippen LogP contribution is -2.46. The summed E-state index contributed by atoms with van der Waals surface area (Å²) in [7, 11) is 0. The lowest BCUT2D eigenvalue weighted by molar-refractivity contribution is -0.0767. The molecule has 0 aromatic carbocycles. The summed E-state index contributed by atoms with van der Waals surface area (Å²) < 4.78 is 0. The Hall–Kier alpha value is -0.120. The summed E-state index contributed by atoms with van der Waals surface area (Å²) in [5, 5.41) is 28.1. The quantitative estimate of drug-likeness (QED) is 0.587. The Balaban J connectivity index is 2.77. The molecule has 1 rings (SSSR count). The van der Waals surface area contributed by atoms with Crippen molar-refractivity contribution in [1.82, 2.24) is 0 Å². The third kappa shape index (κ3) is 1.87. The van der Waals surface area contributed by atoms with Crippen LogP contribution in [0.1, 0.15) is 26.7 Å². The Kier molecular flexibility index (Phi) is 3.33. The topological polar surface area (TPSA) is 60.7 Å². The van der Waals surface area contributed by atoms with Crippen LogP contribution in [0.4, 0.5) is 0 Å². The van der Waals surface area contributed by atoms with Gasteiger partial charge in [0.15, 0.2) is 0 Å². The van der Waals surface area contributed by atoms with Crippen molar-refractivity contribution in [2.75, 3.05) is 13.2 Å². The van der Waals surface area contributed by atoms with Crippen LogP contribution in [0.2, 0.25) is 0 Å². The summed E-state index contributed by atoms with van der Waals surface area (Å²) in [5.74, 6) is 0.0946. The molecule has 0 heterocycles. The van der Waals surface area contributed by atoms with Crippen LogP contribution in [0.5, 0.6) is 0 Å². The van der Waals surface area contributed by atoms with Crippen molar-refractivity contribution in [2.24, 2.45) is 17.3 Å². The highest BCUT2D eigenvalue weighted by Crippen LogP contribution is 2.43. The maximum atomic E-state index is 9.61. The van der Waals surface area contributed by atoms with Gasteiger partial charge < -0.3 is 15.3 Å². The number of hydrogen-bond acceptors (Lipinski definition) is 3. The van der Waals surface area contributed by atoms with Gasteiger partial charge in [0.1, 0.15) is 0 Å². The molecular formula is C10H20O3. The van der Waals surface area contributed by atoms with Crippen LogP contribution in [-0.2, 0) is 0 Å². The second-order valence-electron chi connectivity index (χ2n) is 4.57. The minimum atomic E-state index is -0.322. The van der Waals surface area contributed by atoms with Crippen molar-refractivity contribution >= 4 is 0 Å². The van der Waals surface area contributed by atoms with Gasteiger partial charge >= 0.3 is 0 Å². The highest BCUT2D eigenvalue weighted by molar-refractivity contribution is 4.92. The fourth-order valence-electron chi connectivity index (χ4n) is 2.41. The van der Waals surface area contributed by atoms with E-state index >= 15 is 0 Å². The Morgan fingerprint density at radius 2 is 2.00 bits per heavy atom. The lowest BCUT2D eigenvalue weighted by atomic mass is 9.63. The zero-order valence-electron chi connectivity index (χ0n) is 8.40. The third-order valence-corrected chi connectivity index (χ3v) is 3.71. The predicted octanol–water partition coefficient (Wildman–Crippen LogP) is 0.384. The summed E-state index contributed by atoms with van der Waals surface area (Å²) in [5.41, 5.74) is -0.215. The summed E-state index contributed by atoms with van der Waals surface area (Å²) in [6.45, 7) is 4.07. The number of aliphatic hydroxyl groups excluding tert-OH is 3. The van der Waals surface area contributed by atoms with Crippen LogP contribution in [0.15, 0.2) is 0 Å². The molecule has 3 heteroatoms. The first-order valence-corrected chi connectivity index (χ1v) is 4.95. The van der Waals surface area contributed by atoms with Gasteiger partial charge in [-0.05, 0) is 30.1 Å². The lowest BCUT2D eigenvalue weighted by Gasteiger charge is -2.45. The van der Waals surface area contributed by atoms with E-state index < -0.39 is 0 Å². The van der Waals surface area contributed by atoms with E-state index in [4.69, 9.17) is 0 Å². The number of rotatable bonds is 2. The zero-order chi connectivity index (χ0) is 10.1. The predicted molar refractivity (Wildman–Crippen MR) is 50.2 cm³/mol. The Bertz CT molecular complexity index is 172. The van der Waals surface area contributed by atoms with E-state index in [1.54, 1.807) is 0 Å². The van der Waals surface area contributed by atoms with E-state index in [-0.39, 0.29) is 36.6 Å². The number of hydrogen-bond donors (Lipinski definition) is 3. The van der Waals surface area contributed by atoms with E-state index in [2.05, 4.69) is 0 Å². The van der Waals surface area contributed by atoms with Gasteiger partial charge in [-0.25, -0.2) is 0 Å². The van der Waals surface area contributed by atoms with Crippen LogP contribution in [-0.4, -0.2) is 34.6 Å². The Morgan fingerprint density at radius 3 is 2.46 bits per heavy atom. The largest absolute Gasteiger partial charge is 0.396 e. The minimum Gasteiger partial charge on any atom is -0.396 e. The molecule has 3 N–H and O–H groups in total. The standard InChI is InChI=1S/C10H20O3/c1-7-8(5-11)10(2,6-12)4-3-9(7)13/h7-9,11-13H,3-6H2,1-2H3. The summed E-state index contributed by atoms with van der Waals surface area (Å²) >= 11 is 0. The molecule has 0 saturated heterocycles. The van der Waals surface area contributed by atoms with Gasteiger partial charge in [-0.2, -0.15) is 0 Å². The fourth-order valence-corrected chi connectivity index (χ4v) is 2.41. The monoisotopic (exact) mass is 188 g/mol. The molecule has 0 aromatic heterocycles. The summed E-state index contributed by atoms with van der Waals surface area (Å²) in [6, 6.07) is 0.